The highest BCUT2D eigenvalue weighted by atomic mass is 28.4. The molecule has 208 valence electrons. The van der Waals surface area contributed by atoms with Crippen LogP contribution in [0.5, 0.6) is 0 Å². The summed E-state index contributed by atoms with van der Waals surface area (Å²) in [6, 6.07) is 21.1. The van der Waals surface area contributed by atoms with E-state index in [0.717, 1.165) is 0 Å². The van der Waals surface area contributed by atoms with Gasteiger partial charge in [-0.15, -0.1) is 0 Å². The van der Waals surface area contributed by atoms with Crippen molar-refractivity contribution in [3.05, 3.63) is 85.5 Å². The zero-order valence-corrected chi connectivity index (χ0v) is 24.2. The summed E-state index contributed by atoms with van der Waals surface area (Å²) < 4.78 is 24.7. The lowest BCUT2D eigenvalue weighted by Crippen LogP contribution is -2.66. The maximum absolute atomic E-state index is 12.0. The number of carbonyl (C=O) groups is 2. The fourth-order valence-corrected chi connectivity index (χ4v) is 10.4. The lowest BCUT2D eigenvalue weighted by Gasteiger charge is -2.43. The van der Waals surface area contributed by atoms with Crippen molar-refractivity contribution >= 4 is 30.6 Å². The summed E-state index contributed by atoms with van der Waals surface area (Å²) in [5.74, 6) is -0.762. The molecule has 0 aliphatic carbocycles. The largest absolute Gasteiger partial charge is 0.459 e. The van der Waals surface area contributed by atoms with Crippen molar-refractivity contribution < 1.29 is 28.2 Å². The van der Waals surface area contributed by atoms with Crippen LogP contribution in [0.25, 0.3) is 0 Å². The van der Waals surface area contributed by atoms with E-state index in [0.29, 0.717) is 38.7 Å². The minimum atomic E-state index is -2.66. The Labute approximate surface area is 233 Å². The molecule has 39 heavy (non-hydrogen) atoms. The Kier molecular flexibility index (Phi) is 9.59. The van der Waals surface area contributed by atoms with Gasteiger partial charge in [0.2, 0.25) is 0 Å². The quantitative estimate of drug-likeness (QED) is 0.240. The van der Waals surface area contributed by atoms with Crippen molar-refractivity contribution in [2.24, 2.45) is 0 Å². The second-order valence-electron chi connectivity index (χ2n) is 11.3. The van der Waals surface area contributed by atoms with Gasteiger partial charge in [0.05, 0.1) is 12.2 Å². The molecule has 0 radical (unpaired) electrons. The first-order valence-electron chi connectivity index (χ1n) is 13.8. The van der Waals surface area contributed by atoms with Gasteiger partial charge in [-0.25, -0.2) is 9.59 Å². The zero-order chi connectivity index (χ0) is 27.9. The normalized spacial score (nSPS) is 23.6. The maximum Gasteiger partial charge on any atom is 0.330 e. The molecular weight excluding hydrogens is 508 g/mol. The Balaban J connectivity index is 1.52. The fourth-order valence-electron chi connectivity index (χ4n) is 5.82. The van der Waals surface area contributed by atoms with Gasteiger partial charge >= 0.3 is 11.9 Å². The first kappa shape index (κ1) is 29.0. The van der Waals surface area contributed by atoms with Gasteiger partial charge in [0.1, 0.15) is 12.2 Å². The van der Waals surface area contributed by atoms with Crippen molar-refractivity contribution in [2.45, 2.75) is 82.3 Å². The molecule has 0 unspecified atom stereocenters. The molecule has 4 rings (SSSR count). The number of ether oxygens (including phenoxy) is 3. The standard InChI is InChI=1S/C32H40O6Si/c1-5-30(33)38-27-22-25(36-26(23-27)21-24-13-12-18-31(34)37-24)19-20-35-39(32(2,3)4,28-14-8-6-9-15-28)29-16-10-7-11-17-29/h5-12,14-18,24-27H,1,13,19-23H2,2-4H3/t24-,25-,26+,27+/m1/s1. The monoisotopic (exact) mass is 548 g/mol. The van der Waals surface area contributed by atoms with Gasteiger partial charge in [0, 0.05) is 44.4 Å². The van der Waals surface area contributed by atoms with Crippen LogP contribution < -0.4 is 10.4 Å². The third-order valence-corrected chi connectivity index (χ3v) is 12.6. The van der Waals surface area contributed by atoms with E-state index in [1.54, 1.807) is 0 Å². The van der Waals surface area contributed by atoms with E-state index < -0.39 is 14.3 Å². The second-order valence-corrected chi connectivity index (χ2v) is 15.7. The average Bonchev–Trinajstić information content (AvgIpc) is 2.91. The summed E-state index contributed by atoms with van der Waals surface area (Å²) in [5.41, 5.74) is 0. The average molecular weight is 549 g/mol. The number of hydrogen-bond acceptors (Lipinski definition) is 6. The fraction of sp³-hybridized carbons (Fsp3) is 0.438. The lowest BCUT2D eigenvalue weighted by atomic mass is 9.94. The molecule has 0 amide bonds. The molecule has 0 N–H and O–H groups in total. The second kappa shape index (κ2) is 12.9. The molecule has 1 saturated heterocycles. The Morgan fingerprint density at radius 1 is 1.00 bits per heavy atom. The van der Waals surface area contributed by atoms with E-state index in [2.05, 4.69) is 75.9 Å². The van der Waals surface area contributed by atoms with Crippen LogP contribution in [0, 0.1) is 0 Å². The van der Waals surface area contributed by atoms with E-state index in [4.69, 9.17) is 18.6 Å². The highest BCUT2D eigenvalue weighted by molar-refractivity contribution is 6.99. The number of hydrogen-bond donors (Lipinski definition) is 0. The van der Waals surface area contributed by atoms with Gasteiger partial charge in [-0.1, -0.05) is 94.1 Å². The Hall–Kier alpha value is -3.00. The molecule has 4 atom stereocenters. The molecule has 0 saturated carbocycles. The van der Waals surface area contributed by atoms with E-state index in [9.17, 15) is 9.59 Å². The van der Waals surface area contributed by atoms with Crippen LogP contribution in [0.15, 0.2) is 85.5 Å². The molecule has 0 bridgehead atoms. The van der Waals surface area contributed by atoms with Crippen LogP contribution in [0.2, 0.25) is 5.04 Å². The number of esters is 2. The summed E-state index contributed by atoms with van der Waals surface area (Å²) in [6.07, 6.45) is 6.64. The summed E-state index contributed by atoms with van der Waals surface area (Å²) in [6.45, 7) is 10.8. The van der Waals surface area contributed by atoms with Crippen LogP contribution in [0.1, 0.15) is 52.9 Å². The predicted octanol–water partition coefficient (Wildman–Crippen LogP) is 4.86. The van der Waals surface area contributed by atoms with Crippen molar-refractivity contribution in [1.29, 1.82) is 0 Å². The van der Waals surface area contributed by atoms with Crippen LogP contribution in [0.3, 0.4) is 0 Å². The minimum absolute atomic E-state index is 0.119. The zero-order valence-electron chi connectivity index (χ0n) is 23.2. The van der Waals surface area contributed by atoms with E-state index in [1.165, 1.54) is 22.5 Å². The SMILES string of the molecule is C=CC(=O)O[C@@H]1C[C@H](C[C@H]2CC=CC(=O)O2)O[C@H](CCO[Si](c2ccccc2)(c2ccccc2)C(C)(C)C)C1. The number of carbonyl (C=O) groups excluding carboxylic acids is 2. The Bertz CT molecular complexity index is 1100. The first-order chi connectivity index (χ1) is 18.7. The Morgan fingerprint density at radius 2 is 1.62 bits per heavy atom. The highest BCUT2D eigenvalue weighted by Crippen LogP contribution is 2.37. The molecule has 6 nitrogen and oxygen atoms in total. The third kappa shape index (κ3) is 7.15. The predicted molar refractivity (Wildman–Crippen MR) is 154 cm³/mol. The minimum Gasteiger partial charge on any atom is -0.459 e. The molecule has 2 aliphatic rings. The van der Waals surface area contributed by atoms with Crippen molar-refractivity contribution in [3.63, 3.8) is 0 Å². The van der Waals surface area contributed by atoms with Crippen molar-refractivity contribution in [3.8, 4) is 0 Å². The molecule has 2 aromatic carbocycles. The third-order valence-electron chi connectivity index (χ3n) is 7.52. The number of rotatable bonds is 10. The van der Waals surface area contributed by atoms with Gasteiger partial charge in [-0.3, -0.25) is 0 Å². The van der Waals surface area contributed by atoms with Crippen LogP contribution >= 0.6 is 0 Å². The molecule has 2 heterocycles. The van der Waals surface area contributed by atoms with Gasteiger partial charge < -0.3 is 18.6 Å². The molecule has 7 heteroatoms. The number of cyclic esters (lactones) is 1. The molecule has 0 aromatic heterocycles. The molecule has 2 aliphatic heterocycles. The summed E-state index contributed by atoms with van der Waals surface area (Å²) in [5, 5.41) is 2.35. The molecule has 2 aromatic rings. The molecule has 0 spiro atoms. The van der Waals surface area contributed by atoms with Crippen LogP contribution in [-0.2, 0) is 28.2 Å². The molecular formula is C32H40O6Si. The van der Waals surface area contributed by atoms with Gasteiger partial charge in [-0.2, -0.15) is 0 Å². The Morgan fingerprint density at radius 3 is 2.18 bits per heavy atom. The lowest BCUT2D eigenvalue weighted by molar-refractivity contribution is -0.162. The summed E-state index contributed by atoms with van der Waals surface area (Å²) in [7, 11) is -2.66. The molecule has 1 fully saturated rings. The smallest absolute Gasteiger partial charge is 0.330 e. The highest BCUT2D eigenvalue weighted by Gasteiger charge is 2.50. The van der Waals surface area contributed by atoms with Gasteiger partial charge in [-0.05, 0) is 21.8 Å². The van der Waals surface area contributed by atoms with Crippen LogP contribution in [0.4, 0.5) is 0 Å². The summed E-state index contributed by atoms with van der Waals surface area (Å²) >= 11 is 0. The van der Waals surface area contributed by atoms with E-state index in [-0.39, 0.29) is 35.4 Å². The van der Waals surface area contributed by atoms with Crippen molar-refractivity contribution in [1.82, 2.24) is 0 Å². The van der Waals surface area contributed by atoms with Gasteiger partial charge in [0.25, 0.3) is 8.32 Å². The topological polar surface area (TPSA) is 71.1 Å². The van der Waals surface area contributed by atoms with Gasteiger partial charge in [0.15, 0.2) is 0 Å². The van der Waals surface area contributed by atoms with Crippen LogP contribution in [-0.4, -0.2) is 51.3 Å². The van der Waals surface area contributed by atoms with Crippen molar-refractivity contribution in [2.75, 3.05) is 6.61 Å². The maximum atomic E-state index is 12.0. The summed E-state index contributed by atoms with van der Waals surface area (Å²) in [4.78, 5) is 23.8. The first-order valence-corrected chi connectivity index (χ1v) is 15.7. The number of benzene rings is 2. The van der Waals surface area contributed by atoms with E-state index in [1.807, 2.05) is 18.2 Å². The van der Waals surface area contributed by atoms with E-state index >= 15 is 0 Å².